The van der Waals surface area contributed by atoms with Gasteiger partial charge in [-0.25, -0.2) is 0 Å². The van der Waals surface area contributed by atoms with Crippen molar-refractivity contribution in [1.82, 2.24) is 0 Å². The largest absolute Gasteiger partial charge is 0.394 e. The van der Waals surface area contributed by atoms with Crippen LogP contribution in [0.25, 0.3) is 0 Å². The van der Waals surface area contributed by atoms with Gasteiger partial charge in [0, 0.05) is 4.90 Å². The predicted molar refractivity (Wildman–Crippen MR) is 73.7 cm³/mol. The first-order chi connectivity index (χ1) is 9.13. The van der Waals surface area contributed by atoms with Crippen LogP contribution < -0.4 is 0 Å². The van der Waals surface area contributed by atoms with Gasteiger partial charge in [0.25, 0.3) is 0 Å². The molecule has 0 aliphatic carbocycles. The lowest BCUT2D eigenvalue weighted by molar-refractivity contribution is -0.205. The number of benzene rings is 1. The number of aliphatic hydroxyl groups excluding tert-OH is 4. The lowest BCUT2D eigenvalue weighted by Gasteiger charge is -2.39. The molecule has 1 fully saturated rings. The highest BCUT2D eigenvalue weighted by molar-refractivity contribution is 8.76. The van der Waals surface area contributed by atoms with Gasteiger partial charge in [0.05, 0.1) is 6.61 Å². The zero-order valence-corrected chi connectivity index (χ0v) is 11.6. The van der Waals surface area contributed by atoms with E-state index >= 15 is 0 Å². The van der Waals surface area contributed by atoms with Crippen LogP contribution in [0.2, 0.25) is 0 Å². The van der Waals surface area contributed by atoms with E-state index in [0.29, 0.717) is 0 Å². The molecule has 0 spiro atoms. The fourth-order valence-corrected chi connectivity index (χ4v) is 4.09. The Kier molecular flexibility index (Phi) is 5.52. The first-order valence-corrected chi connectivity index (χ1v) is 8.03. The zero-order chi connectivity index (χ0) is 13.8. The first-order valence-electron chi connectivity index (χ1n) is 5.82. The Balaban J connectivity index is 1.95. The number of hydrogen-bond donors (Lipinski definition) is 4. The Hall–Kier alpha value is -0.280. The molecular formula is C12H16O5S2. The molecule has 0 aromatic heterocycles. The number of aliphatic hydroxyl groups is 4. The van der Waals surface area contributed by atoms with E-state index in [2.05, 4.69) is 0 Å². The maximum absolute atomic E-state index is 9.85. The van der Waals surface area contributed by atoms with Gasteiger partial charge in [-0.3, -0.25) is 0 Å². The smallest absolute Gasteiger partial charge is 0.142 e. The third-order valence-corrected chi connectivity index (χ3v) is 5.41. The van der Waals surface area contributed by atoms with Crippen molar-refractivity contribution in [3.63, 3.8) is 0 Å². The molecule has 1 aromatic rings. The van der Waals surface area contributed by atoms with Crippen molar-refractivity contribution in [2.24, 2.45) is 0 Å². The van der Waals surface area contributed by atoms with Gasteiger partial charge in [0.2, 0.25) is 0 Å². The molecule has 7 heteroatoms. The Morgan fingerprint density at radius 1 is 1.00 bits per heavy atom. The highest BCUT2D eigenvalue weighted by Crippen LogP contribution is 2.39. The highest BCUT2D eigenvalue weighted by atomic mass is 33.1. The molecule has 0 radical (unpaired) electrons. The molecule has 0 bridgehead atoms. The molecule has 2 rings (SSSR count). The second-order valence-electron chi connectivity index (χ2n) is 4.19. The van der Waals surface area contributed by atoms with Crippen LogP contribution >= 0.6 is 21.6 Å². The van der Waals surface area contributed by atoms with E-state index in [1.807, 2.05) is 30.3 Å². The minimum atomic E-state index is -1.32. The number of ether oxygens (including phenoxy) is 1. The van der Waals surface area contributed by atoms with E-state index in [-0.39, 0.29) is 0 Å². The molecule has 0 unspecified atom stereocenters. The zero-order valence-electron chi connectivity index (χ0n) is 9.99. The van der Waals surface area contributed by atoms with Crippen LogP contribution in [0.5, 0.6) is 0 Å². The summed E-state index contributed by atoms with van der Waals surface area (Å²) in [5, 5.41) is 38.2. The summed E-state index contributed by atoms with van der Waals surface area (Å²) in [5.41, 5.74) is -0.708. The van der Waals surface area contributed by atoms with Crippen molar-refractivity contribution >= 4 is 21.6 Å². The maximum Gasteiger partial charge on any atom is 0.142 e. The van der Waals surface area contributed by atoms with Crippen molar-refractivity contribution in [2.75, 3.05) is 6.61 Å². The molecule has 1 saturated heterocycles. The highest BCUT2D eigenvalue weighted by Gasteiger charge is 2.43. The molecule has 1 aliphatic heterocycles. The van der Waals surface area contributed by atoms with Crippen LogP contribution in [0.3, 0.4) is 0 Å². The van der Waals surface area contributed by atoms with Gasteiger partial charge in [0.15, 0.2) is 0 Å². The lowest BCUT2D eigenvalue weighted by Crippen LogP contribution is -2.57. The van der Waals surface area contributed by atoms with E-state index in [1.54, 1.807) is 0 Å². The molecule has 1 aliphatic rings. The fraction of sp³-hybridized carbons (Fsp3) is 0.500. The quantitative estimate of drug-likeness (QED) is 0.592. The van der Waals surface area contributed by atoms with Gasteiger partial charge >= 0.3 is 0 Å². The van der Waals surface area contributed by atoms with Gasteiger partial charge in [-0.15, -0.1) is 0 Å². The SMILES string of the molecule is OC[C@H]1O[C@@H](SSc2ccccc2)[C@@H](O)[C@@H](O)[C@@H]1O. The molecular weight excluding hydrogens is 288 g/mol. The molecule has 5 nitrogen and oxygen atoms in total. The van der Waals surface area contributed by atoms with Crippen molar-refractivity contribution in [3.05, 3.63) is 30.3 Å². The minimum Gasteiger partial charge on any atom is -0.394 e. The van der Waals surface area contributed by atoms with Gasteiger partial charge in [0.1, 0.15) is 29.9 Å². The van der Waals surface area contributed by atoms with Gasteiger partial charge in [-0.05, 0) is 12.1 Å². The van der Waals surface area contributed by atoms with Crippen molar-refractivity contribution in [3.8, 4) is 0 Å². The summed E-state index contributed by atoms with van der Waals surface area (Å²) in [7, 11) is 2.65. The third-order valence-electron chi connectivity index (χ3n) is 2.83. The summed E-state index contributed by atoms with van der Waals surface area (Å²) >= 11 is 0. The maximum atomic E-state index is 9.85. The lowest BCUT2D eigenvalue weighted by atomic mass is 10.0. The van der Waals surface area contributed by atoms with Crippen LogP contribution in [-0.2, 0) is 4.74 Å². The molecule has 4 N–H and O–H groups in total. The number of rotatable bonds is 4. The van der Waals surface area contributed by atoms with Crippen LogP contribution in [0.4, 0.5) is 0 Å². The molecule has 1 heterocycles. The van der Waals surface area contributed by atoms with Gasteiger partial charge < -0.3 is 25.2 Å². The van der Waals surface area contributed by atoms with Crippen LogP contribution in [-0.4, -0.2) is 56.9 Å². The van der Waals surface area contributed by atoms with Crippen LogP contribution in [0.15, 0.2) is 35.2 Å². The summed E-state index contributed by atoms with van der Waals surface area (Å²) in [5.74, 6) is 0. The van der Waals surface area contributed by atoms with Crippen molar-refractivity contribution in [1.29, 1.82) is 0 Å². The normalized spacial score (nSPS) is 35.3. The Bertz CT molecular complexity index is 389. The predicted octanol–water partition coefficient (Wildman–Crippen LogP) is 0.227. The second-order valence-corrected chi connectivity index (χ2v) is 6.56. The third kappa shape index (κ3) is 3.63. The molecule has 0 amide bonds. The monoisotopic (exact) mass is 304 g/mol. The topological polar surface area (TPSA) is 90.2 Å². The Labute approximate surface area is 119 Å². The van der Waals surface area contributed by atoms with E-state index in [9.17, 15) is 15.3 Å². The van der Waals surface area contributed by atoms with E-state index in [1.165, 1.54) is 21.6 Å². The van der Waals surface area contributed by atoms with Gasteiger partial charge in [-0.2, -0.15) is 0 Å². The van der Waals surface area contributed by atoms with Crippen molar-refractivity contribution < 1.29 is 25.2 Å². The summed E-state index contributed by atoms with van der Waals surface area (Å²) in [6, 6.07) is 9.54. The van der Waals surface area contributed by atoms with E-state index in [4.69, 9.17) is 9.84 Å². The molecule has 5 atom stereocenters. The summed E-state index contributed by atoms with van der Waals surface area (Å²) in [6.45, 7) is -0.405. The average molecular weight is 304 g/mol. The summed E-state index contributed by atoms with van der Waals surface area (Å²) in [6.07, 6.45) is -4.68. The Morgan fingerprint density at radius 3 is 2.32 bits per heavy atom. The molecule has 106 valence electrons. The average Bonchev–Trinajstić information content (AvgIpc) is 2.45. The standard InChI is InChI=1S/C12H16O5S2/c13-6-8-9(14)10(15)11(16)12(17-8)19-18-7-4-2-1-3-5-7/h1-5,8-16H,6H2/t8-,9-,10+,11+,12+/m1/s1. The van der Waals surface area contributed by atoms with E-state index in [0.717, 1.165) is 4.90 Å². The molecule has 0 saturated carbocycles. The van der Waals surface area contributed by atoms with Crippen LogP contribution in [0, 0.1) is 0 Å². The fourth-order valence-electron chi connectivity index (χ4n) is 1.73. The Morgan fingerprint density at radius 2 is 1.68 bits per heavy atom. The van der Waals surface area contributed by atoms with E-state index < -0.39 is 36.5 Å². The second kappa shape index (κ2) is 6.94. The molecule has 19 heavy (non-hydrogen) atoms. The minimum absolute atomic E-state index is 0.405. The first kappa shape index (κ1) is 15.1. The van der Waals surface area contributed by atoms with Crippen molar-refractivity contribution in [2.45, 2.75) is 34.7 Å². The summed E-state index contributed by atoms with van der Waals surface area (Å²) < 4.78 is 5.38. The summed E-state index contributed by atoms with van der Waals surface area (Å²) in [4.78, 5) is 0.990. The number of hydrogen-bond acceptors (Lipinski definition) is 7. The van der Waals surface area contributed by atoms with Crippen LogP contribution in [0.1, 0.15) is 0 Å². The molecule has 1 aromatic carbocycles. The van der Waals surface area contributed by atoms with Gasteiger partial charge in [-0.1, -0.05) is 39.8 Å².